The molecule has 0 saturated carbocycles. The maximum absolute atomic E-state index is 10.6. The van der Waals surface area contributed by atoms with Crippen molar-refractivity contribution < 1.29 is 9.21 Å². The monoisotopic (exact) mass is 276 g/mol. The van der Waals surface area contributed by atoms with Crippen molar-refractivity contribution in [2.75, 3.05) is 0 Å². The van der Waals surface area contributed by atoms with Gasteiger partial charge in [0.05, 0.1) is 11.4 Å². The predicted molar refractivity (Wildman–Crippen MR) is 80.1 cm³/mol. The van der Waals surface area contributed by atoms with Crippen LogP contribution in [-0.4, -0.2) is 6.29 Å². The van der Waals surface area contributed by atoms with E-state index < -0.39 is 0 Å². The summed E-state index contributed by atoms with van der Waals surface area (Å²) in [4.78, 5) is 10.6. The number of hydrogen-bond donors (Lipinski definition) is 0. The van der Waals surface area contributed by atoms with Crippen LogP contribution in [0.4, 0.5) is 11.4 Å². The molecule has 21 heavy (non-hydrogen) atoms. The Hall–Kier alpha value is -3.01. The topological polar surface area (TPSA) is 54.9 Å². The zero-order chi connectivity index (χ0) is 14.5. The van der Waals surface area contributed by atoms with E-state index in [9.17, 15) is 4.79 Å². The zero-order valence-electron chi connectivity index (χ0n) is 11.1. The van der Waals surface area contributed by atoms with Gasteiger partial charge in [-0.15, -0.1) is 0 Å². The van der Waals surface area contributed by atoms with Crippen molar-refractivity contribution in [3.63, 3.8) is 0 Å². The van der Waals surface area contributed by atoms with E-state index in [1.165, 1.54) is 0 Å². The molecule has 3 rings (SSSR count). The van der Waals surface area contributed by atoms with Crippen LogP contribution in [0, 0.1) is 0 Å². The van der Waals surface area contributed by atoms with E-state index in [1.807, 2.05) is 54.6 Å². The van der Waals surface area contributed by atoms with E-state index in [-0.39, 0.29) is 0 Å². The molecule has 0 atom stereocenters. The van der Waals surface area contributed by atoms with Crippen molar-refractivity contribution in [3.05, 3.63) is 72.5 Å². The van der Waals surface area contributed by atoms with Gasteiger partial charge in [0.15, 0.2) is 12.0 Å². The molecule has 0 aliphatic heterocycles. The van der Waals surface area contributed by atoms with Crippen molar-refractivity contribution in [3.8, 4) is 11.3 Å². The molecule has 102 valence electrons. The first kappa shape index (κ1) is 13.0. The lowest BCUT2D eigenvalue weighted by Crippen LogP contribution is -1.73. The molecule has 0 unspecified atom stereocenters. The second kappa shape index (κ2) is 5.96. The van der Waals surface area contributed by atoms with E-state index in [2.05, 4.69) is 10.2 Å². The minimum atomic E-state index is 0.317. The average molecular weight is 276 g/mol. The first-order valence-electron chi connectivity index (χ1n) is 6.47. The molecule has 0 fully saturated rings. The Kier molecular flexibility index (Phi) is 3.69. The summed E-state index contributed by atoms with van der Waals surface area (Å²) in [6.07, 6.45) is 0.686. The van der Waals surface area contributed by atoms with E-state index in [1.54, 1.807) is 12.1 Å². The van der Waals surface area contributed by atoms with Gasteiger partial charge in [-0.25, -0.2) is 0 Å². The average Bonchev–Trinajstić information content (AvgIpc) is 3.03. The van der Waals surface area contributed by atoms with Gasteiger partial charge in [-0.05, 0) is 48.5 Å². The Bertz CT molecular complexity index is 759. The minimum Gasteiger partial charge on any atom is -0.453 e. The lowest BCUT2D eigenvalue weighted by Gasteiger charge is -1.97. The molecule has 0 saturated heterocycles. The smallest absolute Gasteiger partial charge is 0.185 e. The van der Waals surface area contributed by atoms with Crippen molar-refractivity contribution >= 4 is 17.7 Å². The molecule has 4 heteroatoms. The van der Waals surface area contributed by atoms with Gasteiger partial charge in [0.2, 0.25) is 0 Å². The Labute approximate surface area is 121 Å². The Morgan fingerprint density at radius 1 is 0.762 bits per heavy atom. The van der Waals surface area contributed by atoms with Crippen LogP contribution in [-0.2, 0) is 0 Å². The summed E-state index contributed by atoms with van der Waals surface area (Å²) >= 11 is 0. The van der Waals surface area contributed by atoms with Crippen LogP contribution in [0.3, 0.4) is 0 Å². The SMILES string of the molecule is O=Cc1ccc(-c2ccc(N=Nc3ccccc3)cc2)o1. The van der Waals surface area contributed by atoms with E-state index in [0.29, 0.717) is 17.8 Å². The molecule has 0 radical (unpaired) electrons. The highest BCUT2D eigenvalue weighted by atomic mass is 16.3. The Morgan fingerprint density at radius 3 is 2.05 bits per heavy atom. The first-order valence-corrected chi connectivity index (χ1v) is 6.47. The van der Waals surface area contributed by atoms with Crippen molar-refractivity contribution in [1.82, 2.24) is 0 Å². The summed E-state index contributed by atoms with van der Waals surface area (Å²) in [6.45, 7) is 0. The van der Waals surface area contributed by atoms with E-state index in [4.69, 9.17) is 4.42 Å². The number of hydrogen-bond acceptors (Lipinski definition) is 4. The Balaban J connectivity index is 1.78. The van der Waals surface area contributed by atoms with Crippen LogP contribution < -0.4 is 0 Å². The molecule has 0 N–H and O–H groups in total. The maximum Gasteiger partial charge on any atom is 0.185 e. The number of azo groups is 1. The van der Waals surface area contributed by atoms with Gasteiger partial charge in [-0.3, -0.25) is 4.79 Å². The van der Waals surface area contributed by atoms with Crippen LogP contribution in [0.1, 0.15) is 10.6 Å². The molecule has 0 amide bonds. The van der Waals surface area contributed by atoms with Crippen LogP contribution in [0.2, 0.25) is 0 Å². The molecule has 0 aliphatic rings. The number of benzene rings is 2. The molecule has 3 aromatic rings. The highest BCUT2D eigenvalue weighted by Gasteiger charge is 2.03. The fourth-order valence-electron chi connectivity index (χ4n) is 1.87. The van der Waals surface area contributed by atoms with Gasteiger partial charge in [0, 0.05) is 5.56 Å². The molecule has 0 bridgehead atoms. The second-order valence-corrected chi connectivity index (χ2v) is 4.40. The van der Waals surface area contributed by atoms with Gasteiger partial charge in [0.25, 0.3) is 0 Å². The van der Waals surface area contributed by atoms with Crippen LogP contribution in [0.5, 0.6) is 0 Å². The normalized spacial score (nSPS) is 10.9. The highest BCUT2D eigenvalue weighted by molar-refractivity contribution is 5.73. The summed E-state index contributed by atoms with van der Waals surface area (Å²) < 4.78 is 5.37. The third kappa shape index (κ3) is 3.12. The van der Waals surface area contributed by atoms with Crippen molar-refractivity contribution in [2.45, 2.75) is 0 Å². The largest absolute Gasteiger partial charge is 0.453 e. The summed E-state index contributed by atoms with van der Waals surface area (Å²) in [7, 11) is 0. The first-order chi connectivity index (χ1) is 10.3. The van der Waals surface area contributed by atoms with Gasteiger partial charge >= 0.3 is 0 Å². The number of carbonyl (C=O) groups is 1. The fraction of sp³-hybridized carbons (Fsp3) is 0. The van der Waals surface area contributed by atoms with Gasteiger partial charge in [-0.1, -0.05) is 18.2 Å². The summed E-state index contributed by atoms with van der Waals surface area (Å²) in [6, 6.07) is 20.4. The van der Waals surface area contributed by atoms with Gasteiger partial charge < -0.3 is 4.42 Å². The molecule has 4 nitrogen and oxygen atoms in total. The molecule has 2 aromatic carbocycles. The molecular weight excluding hydrogens is 264 g/mol. The third-order valence-electron chi connectivity index (χ3n) is 2.93. The molecule has 0 aliphatic carbocycles. The van der Waals surface area contributed by atoms with Gasteiger partial charge in [-0.2, -0.15) is 10.2 Å². The number of rotatable bonds is 4. The molecular formula is C17H12N2O2. The standard InChI is InChI=1S/C17H12N2O2/c20-12-16-10-11-17(21-16)13-6-8-15(9-7-13)19-18-14-4-2-1-3-5-14/h1-12H. The van der Waals surface area contributed by atoms with Crippen molar-refractivity contribution in [2.24, 2.45) is 10.2 Å². The summed E-state index contributed by atoms with van der Waals surface area (Å²) in [5.74, 6) is 0.974. The lowest BCUT2D eigenvalue weighted by atomic mass is 10.1. The lowest BCUT2D eigenvalue weighted by molar-refractivity contribution is 0.110. The number of furan rings is 1. The summed E-state index contributed by atoms with van der Waals surface area (Å²) in [5, 5.41) is 8.32. The molecule has 0 spiro atoms. The van der Waals surface area contributed by atoms with Crippen LogP contribution in [0.25, 0.3) is 11.3 Å². The van der Waals surface area contributed by atoms with Crippen molar-refractivity contribution in [1.29, 1.82) is 0 Å². The van der Waals surface area contributed by atoms with E-state index in [0.717, 1.165) is 16.9 Å². The summed E-state index contributed by atoms with van der Waals surface area (Å²) in [5.41, 5.74) is 2.45. The molecule has 1 heterocycles. The zero-order valence-corrected chi connectivity index (χ0v) is 11.1. The van der Waals surface area contributed by atoms with Crippen LogP contribution >= 0.6 is 0 Å². The number of carbonyl (C=O) groups excluding carboxylic acids is 1. The third-order valence-corrected chi connectivity index (χ3v) is 2.93. The maximum atomic E-state index is 10.6. The number of nitrogens with zero attached hydrogens (tertiary/aromatic N) is 2. The molecule has 1 aromatic heterocycles. The Morgan fingerprint density at radius 2 is 1.43 bits per heavy atom. The fourth-order valence-corrected chi connectivity index (χ4v) is 1.87. The number of aldehydes is 1. The predicted octanol–water partition coefficient (Wildman–Crippen LogP) is 5.17. The van der Waals surface area contributed by atoms with E-state index >= 15 is 0 Å². The van der Waals surface area contributed by atoms with Crippen LogP contribution in [0.15, 0.2) is 81.4 Å². The minimum absolute atomic E-state index is 0.317. The second-order valence-electron chi connectivity index (χ2n) is 4.40. The quantitative estimate of drug-likeness (QED) is 0.487. The highest BCUT2D eigenvalue weighted by Crippen LogP contribution is 2.25. The van der Waals surface area contributed by atoms with Gasteiger partial charge in [0.1, 0.15) is 5.76 Å².